The van der Waals surface area contributed by atoms with Gasteiger partial charge in [-0.3, -0.25) is 29.1 Å². The number of hydrogen-bond donors (Lipinski definition) is 9. The molecule has 54 heavy (non-hydrogen) atoms. The van der Waals surface area contributed by atoms with E-state index in [0.717, 1.165) is 39.1 Å². The number of oxime groups is 1. The summed E-state index contributed by atoms with van der Waals surface area (Å²) < 4.78 is 0. The van der Waals surface area contributed by atoms with Crippen molar-refractivity contribution in [3.63, 3.8) is 0 Å². The molecular formula is C29H33ClN10O12S2. The number of amides is 6. The number of carboxylic acids is 2. The van der Waals surface area contributed by atoms with Gasteiger partial charge in [-0.05, 0) is 26.0 Å². The average Bonchev–Trinajstić information content (AvgIpc) is 3.82. The summed E-state index contributed by atoms with van der Waals surface area (Å²) in [6.07, 6.45) is 0. The molecule has 0 aliphatic carbocycles. The monoisotopic (exact) mass is 812 g/mol. The fourth-order valence-corrected chi connectivity index (χ4v) is 7.70. The van der Waals surface area contributed by atoms with E-state index in [2.05, 4.69) is 31.5 Å². The van der Waals surface area contributed by atoms with Gasteiger partial charge in [0.15, 0.2) is 22.3 Å². The minimum atomic E-state index is -1.96. The normalized spacial score (nSPS) is 21.0. The Balaban J connectivity index is 1.15. The third-order valence-corrected chi connectivity index (χ3v) is 11.0. The lowest BCUT2D eigenvalue weighted by atomic mass is 10.1. The molecule has 0 radical (unpaired) electrons. The van der Waals surface area contributed by atoms with Crippen LogP contribution in [0.4, 0.5) is 9.93 Å². The molecule has 5 rings (SSSR count). The number of aromatic hydroxyl groups is 2. The molecular weight excluding hydrogens is 780 g/mol. The molecule has 3 fully saturated rings. The van der Waals surface area contributed by atoms with Crippen molar-refractivity contribution >= 4 is 87.1 Å². The van der Waals surface area contributed by atoms with Crippen LogP contribution >= 0.6 is 34.7 Å². The van der Waals surface area contributed by atoms with Gasteiger partial charge in [0.05, 0.1) is 30.2 Å². The molecule has 10 N–H and O–H groups in total. The summed E-state index contributed by atoms with van der Waals surface area (Å²) in [4.78, 5) is 98.3. The zero-order valence-corrected chi connectivity index (χ0v) is 30.6. The van der Waals surface area contributed by atoms with E-state index in [-0.39, 0.29) is 47.6 Å². The van der Waals surface area contributed by atoms with E-state index in [0.29, 0.717) is 0 Å². The van der Waals surface area contributed by atoms with Gasteiger partial charge in [-0.15, -0.1) is 11.3 Å². The first-order chi connectivity index (χ1) is 25.4. The highest BCUT2D eigenvalue weighted by Gasteiger charge is 2.66. The molecule has 0 unspecified atom stereocenters. The Bertz CT molecular complexity index is 1950. The van der Waals surface area contributed by atoms with Crippen molar-refractivity contribution in [3.05, 3.63) is 33.8 Å². The predicted molar refractivity (Wildman–Crippen MR) is 188 cm³/mol. The van der Waals surface area contributed by atoms with Gasteiger partial charge in [0.25, 0.3) is 11.8 Å². The molecule has 3 saturated heterocycles. The number of hydrogen-bond acceptors (Lipinski definition) is 16. The zero-order chi connectivity index (χ0) is 39.7. The zero-order valence-electron chi connectivity index (χ0n) is 28.2. The first-order valence-corrected chi connectivity index (χ1v) is 17.8. The van der Waals surface area contributed by atoms with Crippen LogP contribution in [0.5, 0.6) is 11.5 Å². The Labute approximate surface area is 317 Å². The number of aromatic nitrogens is 1. The number of rotatable bonds is 15. The number of carbonyl (C=O) groups is 7. The number of fused-ring (bicyclic) bond motifs is 1. The van der Waals surface area contributed by atoms with Crippen molar-refractivity contribution in [2.75, 3.05) is 45.0 Å². The van der Waals surface area contributed by atoms with Crippen molar-refractivity contribution in [1.82, 2.24) is 41.2 Å². The minimum absolute atomic E-state index is 0.0277. The van der Waals surface area contributed by atoms with Crippen LogP contribution in [-0.2, 0) is 28.8 Å². The van der Waals surface area contributed by atoms with Gasteiger partial charge in [0, 0.05) is 25.0 Å². The maximum Gasteiger partial charge on any atom is 0.350 e. The van der Waals surface area contributed by atoms with E-state index in [1.54, 1.807) is 0 Å². The number of nitrogen functional groups attached to an aromatic ring is 1. The van der Waals surface area contributed by atoms with Crippen molar-refractivity contribution in [3.8, 4) is 11.5 Å². The summed E-state index contributed by atoms with van der Waals surface area (Å²) in [6, 6.07) is 0.247. The number of phenols is 2. The van der Waals surface area contributed by atoms with E-state index in [9.17, 15) is 54.0 Å². The Morgan fingerprint density at radius 2 is 1.83 bits per heavy atom. The standard InChI is InChI=1S/C29H33ClN10O12S2/c1-28(2,24(47)48)52-37-17(13-10-53-26(31)35-13)21(45)36-18-22(46)38-11-29(25(49)50,54-23(18)38)39-7-8-40(27(39)51)34-9-15(42)32-5-6-33-20(44)12-3-4-14(41)19(43)16(12)30/h3-4,10,18,23,34,41,43H,5-9,11H2,1-2H3,(H2,31,35)(H,32,42)(H,33,44)(H,36,45)(H,47,48)(H,49,50)/b37-17-/t18-,23-,29-/m1/s1. The van der Waals surface area contributed by atoms with Crippen molar-refractivity contribution in [1.29, 1.82) is 0 Å². The molecule has 4 heterocycles. The number of anilines is 1. The van der Waals surface area contributed by atoms with Crippen LogP contribution in [0.25, 0.3) is 0 Å². The summed E-state index contributed by atoms with van der Waals surface area (Å²) in [5.74, 6) is -6.84. The second-order valence-corrected chi connectivity index (χ2v) is 14.9. The molecule has 1 aromatic heterocycles. The summed E-state index contributed by atoms with van der Waals surface area (Å²) >= 11 is 7.60. The largest absolute Gasteiger partial charge is 0.504 e. The highest BCUT2D eigenvalue weighted by molar-refractivity contribution is 8.02. The summed E-state index contributed by atoms with van der Waals surface area (Å²) in [5, 5.41) is 51.3. The van der Waals surface area contributed by atoms with Gasteiger partial charge in [0.2, 0.25) is 22.3 Å². The number of thioether (sulfide) groups is 1. The molecule has 1 aromatic carbocycles. The number of phenolic OH excluding ortho intramolecular Hbond substituents is 2. The van der Waals surface area contributed by atoms with Gasteiger partial charge in [-0.25, -0.2) is 24.8 Å². The summed E-state index contributed by atoms with van der Waals surface area (Å²) in [6.45, 7) is 1.37. The number of thiazole rings is 1. The van der Waals surface area contributed by atoms with Crippen LogP contribution in [-0.4, -0.2) is 149 Å². The lowest BCUT2D eigenvalue weighted by Gasteiger charge is -2.41. The molecule has 6 amide bonds. The predicted octanol–water partition coefficient (Wildman–Crippen LogP) is -1.66. The number of nitrogens with two attached hydrogens (primary N) is 1. The number of nitrogens with one attached hydrogen (secondary N) is 4. The number of aliphatic carboxylic acids is 2. The molecule has 0 spiro atoms. The molecule has 25 heteroatoms. The summed E-state index contributed by atoms with van der Waals surface area (Å²) in [5.41, 5.74) is 5.83. The average molecular weight is 813 g/mol. The lowest BCUT2D eigenvalue weighted by molar-refractivity contribution is -0.161. The van der Waals surface area contributed by atoms with Crippen LogP contribution in [0.2, 0.25) is 5.02 Å². The first kappa shape index (κ1) is 39.6. The van der Waals surface area contributed by atoms with Crippen LogP contribution in [0.15, 0.2) is 22.7 Å². The quantitative estimate of drug-likeness (QED) is 0.0320. The van der Waals surface area contributed by atoms with E-state index < -0.39 is 93.8 Å². The Morgan fingerprint density at radius 3 is 2.48 bits per heavy atom. The van der Waals surface area contributed by atoms with Gasteiger partial charge < -0.3 is 51.8 Å². The molecule has 2 aromatic rings. The van der Waals surface area contributed by atoms with Gasteiger partial charge in [-0.1, -0.05) is 28.5 Å². The lowest BCUT2D eigenvalue weighted by Crippen LogP contribution is -2.68. The van der Waals surface area contributed by atoms with Crippen LogP contribution < -0.4 is 27.1 Å². The molecule has 290 valence electrons. The Kier molecular flexibility index (Phi) is 11.3. The number of carboxylic acid groups (broad SMARTS) is 2. The highest BCUT2D eigenvalue weighted by atomic mass is 35.5. The number of β-lactam (4-membered cyclic amide) rings is 1. The smallest absolute Gasteiger partial charge is 0.350 e. The molecule has 3 atom stereocenters. The maximum atomic E-state index is 13.4. The van der Waals surface area contributed by atoms with Gasteiger partial charge >= 0.3 is 18.0 Å². The third kappa shape index (κ3) is 7.71. The van der Waals surface area contributed by atoms with E-state index in [1.807, 2.05) is 0 Å². The highest BCUT2D eigenvalue weighted by Crippen LogP contribution is 2.49. The summed E-state index contributed by atoms with van der Waals surface area (Å²) in [7, 11) is 0. The second-order valence-electron chi connectivity index (χ2n) is 12.3. The van der Waals surface area contributed by atoms with Gasteiger partial charge in [-0.2, -0.15) is 0 Å². The SMILES string of the molecule is CC(C)(O/N=C(\C(=O)N[C@@H]1C(=O)N2C[C@@](C(=O)O)(N3CCN(NCC(=O)NCCNC(=O)c4ccc(O)c(O)c4Cl)C3=O)S[C@H]12)c1csc(N)n1)C(=O)O. The molecule has 0 saturated carbocycles. The molecule has 0 bridgehead atoms. The molecule has 3 aliphatic heterocycles. The molecule has 3 aliphatic rings. The van der Waals surface area contributed by atoms with Crippen LogP contribution in [0.1, 0.15) is 29.9 Å². The van der Waals surface area contributed by atoms with E-state index in [1.165, 1.54) is 30.2 Å². The first-order valence-electron chi connectivity index (χ1n) is 15.7. The second kappa shape index (κ2) is 15.4. The van der Waals surface area contributed by atoms with E-state index in [4.69, 9.17) is 22.2 Å². The van der Waals surface area contributed by atoms with Crippen molar-refractivity contribution in [2.45, 2.75) is 35.7 Å². The number of halogens is 1. The van der Waals surface area contributed by atoms with Gasteiger partial charge in [0.1, 0.15) is 17.1 Å². The Morgan fingerprint density at radius 1 is 1.13 bits per heavy atom. The number of benzene rings is 1. The fraction of sp³-hybridized carbons (Fsp3) is 0.414. The third-order valence-electron chi connectivity index (χ3n) is 8.27. The van der Waals surface area contributed by atoms with Crippen LogP contribution in [0, 0.1) is 0 Å². The number of urea groups is 1. The molecule has 22 nitrogen and oxygen atoms in total. The Hall–Kier alpha value is -5.59. The number of hydrazine groups is 1. The van der Waals surface area contributed by atoms with E-state index >= 15 is 0 Å². The van der Waals surface area contributed by atoms with Crippen LogP contribution in [0.3, 0.4) is 0 Å². The number of carbonyl (C=O) groups excluding carboxylic acids is 5. The topological polar surface area (TPSA) is 319 Å². The number of nitrogens with zero attached hydrogens (tertiary/aromatic N) is 5. The minimum Gasteiger partial charge on any atom is -0.504 e. The maximum absolute atomic E-state index is 13.4. The van der Waals surface area contributed by atoms with Crippen molar-refractivity contribution < 1.29 is 58.8 Å². The fourth-order valence-electron chi connectivity index (χ4n) is 5.27. The van der Waals surface area contributed by atoms with Crippen molar-refractivity contribution in [2.24, 2.45) is 5.16 Å².